The largest absolute Gasteiger partial charge is 0.378 e. The molecule has 0 spiro atoms. The molecule has 132 valence electrons. The highest BCUT2D eigenvalue weighted by Crippen LogP contribution is 2.38. The highest BCUT2D eigenvalue weighted by atomic mass is 32.2. The van der Waals surface area contributed by atoms with Crippen molar-refractivity contribution in [3.8, 4) is 0 Å². The molecule has 4 rings (SSSR count). The van der Waals surface area contributed by atoms with Crippen LogP contribution in [0.3, 0.4) is 0 Å². The number of anilines is 1. The van der Waals surface area contributed by atoms with E-state index in [0.717, 1.165) is 20.7 Å². The molecule has 2 heterocycles. The van der Waals surface area contributed by atoms with E-state index in [1.165, 1.54) is 0 Å². The topological polar surface area (TPSA) is 68.5 Å². The van der Waals surface area contributed by atoms with E-state index in [-0.39, 0.29) is 10.6 Å². The predicted molar refractivity (Wildman–Crippen MR) is 102 cm³/mol. The molecule has 0 aliphatic carbocycles. The van der Waals surface area contributed by atoms with E-state index in [9.17, 15) is 10.1 Å². The summed E-state index contributed by atoms with van der Waals surface area (Å²) in [4.78, 5) is 19.6. The lowest BCUT2D eigenvalue weighted by Gasteiger charge is -2.28. The third-order valence-electron chi connectivity index (χ3n) is 4.32. The maximum absolute atomic E-state index is 11.4. The second-order valence-electron chi connectivity index (χ2n) is 5.94. The van der Waals surface area contributed by atoms with E-state index in [4.69, 9.17) is 4.74 Å². The van der Waals surface area contributed by atoms with Crippen LogP contribution in [0.1, 0.15) is 0 Å². The second-order valence-corrected chi connectivity index (χ2v) is 7.06. The molecule has 1 saturated heterocycles. The summed E-state index contributed by atoms with van der Waals surface area (Å²) in [6.45, 7) is 2.49. The maximum atomic E-state index is 11.4. The molecule has 1 fully saturated rings. The van der Waals surface area contributed by atoms with E-state index < -0.39 is 0 Å². The summed E-state index contributed by atoms with van der Waals surface area (Å²) in [6.07, 6.45) is 1.78. The van der Waals surface area contributed by atoms with Gasteiger partial charge in [-0.3, -0.25) is 15.1 Å². The average Bonchev–Trinajstić information content (AvgIpc) is 2.69. The molecule has 0 saturated carbocycles. The van der Waals surface area contributed by atoms with Gasteiger partial charge in [-0.15, -0.1) is 0 Å². The molecule has 0 bridgehead atoms. The summed E-state index contributed by atoms with van der Waals surface area (Å²) in [6, 6.07) is 15.3. The Bertz CT molecular complexity index is 952. The molecule has 2 aromatic carbocycles. The van der Waals surface area contributed by atoms with Gasteiger partial charge in [0.05, 0.1) is 23.7 Å². The van der Waals surface area contributed by atoms with Gasteiger partial charge in [0.1, 0.15) is 5.69 Å². The summed E-state index contributed by atoms with van der Waals surface area (Å²) in [5.41, 5.74) is 1.72. The zero-order chi connectivity index (χ0) is 17.9. The van der Waals surface area contributed by atoms with Gasteiger partial charge in [0.15, 0.2) is 0 Å². The minimum absolute atomic E-state index is 0.132. The van der Waals surface area contributed by atoms with E-state index >= 15 is 0 Å². The van der Waals surface area contributed by atoms with Gasteiger partial charge in [-0.05, 0) is 24.3 Å². The SMILES string of the molecule is O=[N+]([O-])c1ccc(Sc2cccc3cccnc23)cc1N1CCOCC1. The number of fused-ring (bicyclic) bond motifs is 1. The molecular formula is C19H17N3O3S. The minimum Gasteiger partial charge on any atom is -0.378 e. The maximum Gasteiger partial charge on any atom is 0.292 e. The number of hydrogen-bond donors (Lipinski definition) is 0. The predicted octanol–water partition coefficient (Wildman–Crippen LogP) is 4.13. The summed E-state index contributed by atoms with van der Waals surface area (Å²) in [5, 5.41) is 12.5. The number of hydrogen-bond acceptors (Lipinski definition) is 6. The lowest BCUT2D eigenvalue weighted by Crippen LogP contribution is -2.36. The van der Waals surface area contributed by atoms with Crippen molar-refractivity contribution in [2.24, 2.45) is 0 Å². The van der Waals surface area contributed by atoms with Crippen LogP contribution in [0.4, 0.5) is 11.4 Å². The molecule has 1 aromatic heterocycles. The van der Waals surface area contributed by atoms with Crippen molar-refractivity contribution >= 4 is 34.0 Å². The molecule has 7 heteroatoms. The number of rotatable bonds is 4. The molecule has 26 heavy (non-hydrogen) atoms. The second kappa shape index (κ2) is 7.31. The standard InChI is InChI=1S/C19H17N3O3S/c23-22(24)16-7-6-15(13-17(16)21-9-11-25-12-10-21)26-18-5-1-3-14-4-2-8-20-19(14)18/h1-8,13H,9-12H2. The number of pyridine rings is 1. The third kappa shape index (κ3) is 3.36. The number of benzene rings is 2. The van der Waals surface area contributed by atoms with Crippen LogP contribution in [-0.4, -0.2) is 36.2 Å². The van der Waals surface area contributed by atoms with Crippen LogP contribution in [0.5, 0.6) is 0 Å². The Morgan fingerprint density at radius 1 is 1.12 bits per heavy atom. The number of ether oxygens (including phenoxy) is 1. The minimum atomic E-state index is -0.321. The Hall–Kier alpha value is -2.64. The Labute approximate surface area is 154 Å². The van der Waals surface area contributed by atoms with Gasteiger partial charge in [-0.2, -0.15) is 0 Å². The summed E-state index contributed by atoms with van der Waals surface area (Å²) >= 11 is 1.57. The summed E-state index contributed by atoms with van der Waals surface area (Å²) in [7, 11) is 0. The van der Waals surface area contributed by atoms with Gasteiger partial charge in [0, 0.05) is 40.5 Å². The molecule has 6 nitrogen and oxygen atoms in total. The first-order valence-electron chi connectivity index (χ1n) is 8.35. The molecule has 0 atom stereocenters. The van der Waals surface area contributed by atoms with Crippen LogP contribution in [0.2, 0.25) is 0 Å². The van der Waals surface area contributed by atoms with Crippen LogP contribution in [0.25, 0.3) is 10.9 Å². The quantitative estimate of drug-likeness (QED) is 0.510. The van der Waals surface area contributed by atoms with Crippen molar-refractivity contribution in [2.75, 3.05) is 31.2 Å². The van der Waals surface area contributed by atoms with Crippen LogP contribution in [0, 0.1) is 10.1 Å². The van der Waals surface area contributed by atoms with Gasteiger partial charge >= 0.3 is 0 Å². The third-order valence-corrected chi connectivity index (χ3v) is 5.36. The number of morpholine rings is 1. The van der Waals surface area contributed by atoms with Crippen molar-refractivity contribution in [1.82, 2.24) is 4.98 Å². The number of aromatic nitrogens is 1. The van der Waals surface area contributed by atoms with Crippen molar-refractivity contribution in [2.45, 2.75) is 9.79 Å². The Balaban J connectivity index is 1.71. The monoisotopic (exact) mass is 367 g/mol. The van der Waals surface area contributed by atoms with Gasteiger partial charge in [0.25, 0.3) is 5.69 Å². The van der Waals surface area contributed by atoms with Crippen LogP contribution in [0.15, 0.2) is 64.5 Å². The molecule has 1 aliphatic heterocycles. The van der Waals surface area contributed by atoms with Crippen molar-refractivity contribution in [3.63, 3.8) is 0 Å². The molecular weight excluding hydrogens is 350 g/mol. The van der Waals surface area contributed by atoms with Crippen LogP contribution >= 0.6 is 11.8 Å². The summed E-state index contributed by atoms with van der Waals surface area (Å²) < 4.78 is 5.37. The van der Waals surface area contributed by atoms with Crippen LogP contribution in [-0.2, 0) is 4.74 Å². The molecule has 0 radical (unpaired) electrons. The Kier molecular flexibility index (Phi) is 4.73. The van der Waals surface area contributed by atoms with E-state index in [1.54, 1.807) is 30.1 Å². The average molecular weight is 367 g/mol. The number of nitro groups is 1. The zero-order valence-corrected chi connectivity index (χ0v) is 14.8. The first-order chi connectivity index (χ1) is 12.7. The fraction of sp³-hybridized carbons (Fsp3) is 0.211. The lowest BCUT2D eigenvalue weighted by atomic mass is 10.2. The molecule has 1 aliphatic rings. The molecule has 0 unspecified atom stereocenters. The van der Waals surface area contributed by atoms with Gasteiger partial charge in [-0.25, -0.2) is 0 Å². The first kappa shape index (κ1) is 16.8. The van der Waals surface area contributed by atoms with E-state index in [1.807, 2.05) is 41.3 Å². The van der Waals surface area contributed by atoms with Gasteiger partial charge < -0.3 is 9.64 Å². The molecule has 0 N–H and O–H groups in total. The van der Waals surface area contributed by atoms with E-state index in [0.29, 0.717) is 32.0 Å². The number of nitrogens with zero attached hydrogens (tertiary/aromatic N) is 3. The number of nitro benzene ring substituents is 1. The Morgan fingerprint density at radius 2 is 1.92 bits per heavy atom. The Morgan fingerprint density at radius 3 is 2.73 bits per heavy atom. The zero-order valence-electron chi connectivity index (χ0n) is 14.0. The first-order valence-corrected chi connectivity index (χ1v) is 9.17. The highest BCUT2D eigenvalue weighted by Gasteiger charge is 2.22. The van der Waals surface area contributed by atoms with Crippen molar-refractivity contribution < 1.29 is 9.66 Å². The lowest BCUT2D eigenvalue weighted by molar-refractivity contribution is -0.384. The highest BCUT2D eigenvalue weighted by molar-refractivity contribution is 7.99. The fourth-order valence-electron chi connectivity index (χ4n) is 3.06. The summed E-state index contributed by atoms with van der Waals surface area (Å²) in [5.74, 6) is 0. The smallest absolute Gasteiger partial charge is 0.292 e. The van der Waals surface area contributed by atoms with E-state index in [2.05, 4.69) is 4.98 Å². The molecule has 3 aromatic rings. The van der Waals surface area contributed by atoms with Gasteiger partial charge in [0.2, 0.25) is 0 Å². The van der Waals surface area contributed by atoms with Gasteiger partial charge in [-0.1, -0.05) is 30.0 Å². The molecule has 0 amide bonds. The van der Waals surface area contributed by atoms with Crippen molar-refractivity contribution in [3.05, 3.63) is 64.8 Å². The number of para-hydroxylation sites is 1. The van der Waals surface area contributed by atoms with Crippen LogP contribution < -0.4 is 4.90 Å². The van der Waals surface area contributed by atoms with Crippen molar-refractivity contribution in [1.29, 1.82) is 0 Å². The normalized spacial score (nSPS) is 14.5. The fourth-order valence-corrected chi connectivity index (χ4v) is 4.04.